The van der Waals surface area contributed by atoms with E-state index in [1.165, 1.54) is 30.0 Å². The summed E-state index contributed by atoms with van der Waals surface area (Å²) in [5, 5.41) is 25.7. The van der Waals surface area contributed by atoms with Crippen LogP contribution >= 0.6 is 0 Å². The number of ketones is 1. The molecule has 2 aliphatic heterocycles. The molecule has 0 unspecified atom stereocenters. The molecule has 1 fully saturated rings. The molecule has 61 heavy (non-hydrogen) atoms. The fourth-order valence-electron chi connectivity index (χ4n) is 6.84. The summed E-state index contributed by atoms with van der Waals surface area (Å²) in [6.45, 7) is 4.67. The van der Waals surface area contributed by atoms with Gasteiger partial charge in [-0.3, -0.25) is 43.3 Å². The lowest BCUT2D eigenvalue weighted by molar-refractivity contribution is -0.144. The fraction of sp³-hybridized carbons (Fsp3) is 0.452. The molecule has 2 aromatic carbocycles. The molecule has 328 valence electrons. The highest BCUT2D eigenvalue weighted by Crippen LogP contribution is 2.20. The first-order valence-electron chi connectivity index (χ1n) is 20.3. The number of nitrogens with zero attached hydrogens (tertiary/aromatic N) is 2. The predicted octanol–water partition coefficient (Wildman–Crippen LogP) is -0.962. The van der Waals surface area contributed by atoms with Crippen molar-refractivity contribution in [1.29, 1.82) is 0 Å². The molecule has 7 amide bonds. The summed E-state index contributed by atoms with van der Waals surface area (Å²) in [5.41, 5.74) is 11.9. The molecular weight excluding hydrogens is 789 g/mol. The summed E-state index contributed by atoms with van der Waals surface area (Å²) in [6.07, 6.45) is 3.77. The van der Waals surface area contributed by atoms with Gasteiger partial charge in [0, 0.05) is 31.3 Å². The molecule has 2 heterocycles. The van der Waals surface area contributed by atoms with Crippen LogP contribution in [0.5, 0.6) is 5.75 Å². The molecule has 1 saturated heterocycles. The van der Waals surface area contributed by atoms with Crippen LogP contribution in [-0.4, -0.2) is 119 Å². The Kier molecular flexibility index (Phi) is 17.3. The van der Waals surface area contributed by atoms with Crippen LogP contribution in [-0.2, 0) is 40.0 Å². The molecule has 4 rings (SSSR count). The van der Waals surface area contributed by atoms with Crippen molar-refractivity contribution in [2.24, 2.45) is 22.4 Å². The molecule has 0 spiro atoms. The minimum atomic E-state index is -1.43. The Labute approximate surface area is 353 Å². The topological polar surface area (TPSA) is 297 Å². The highest BCUT2D eigenvalue weighted by molar-refractivity contribution is 6.38. The zero-order valence-corrected chi connectivity index (χ0v) is 34.5. The Morgan fingerprint density at radius 2 is 1.66 bits per heavy atom. The summed E-state index contributed by atoms with van der Waals surface area (Å²) in [5.74, 6) is -6.93. The average Bonchev–Trinajstić information content (AvgIpc) is 3.74. The second kappa shape index (κ2) is 22.5. The number of benzene rings is 2. The second-order valence-corrected chi connectivity index (χ2v) is 15.1. The first-order chi connectivity index (χ1) is 29.1. The number of aliphatic imine (C=N–C) groups is 1. The minimum absolute atomic E-state index is 0.0163. The van der Waals surface area contributed by atoms with Crippen LogP contribution in [0.1, 0.15) is 68.8 Å². The Morgan fingerprint density at radius 3 is 2.33 bits per heavy atom. The highest BCUT2D eigenvalue weighted by atomic mass is 16.3. The smallest absolute Gasteiger partial charge is 0.290 e. The number of amides is 7. The van der Waals surface area contributed by atoms with Gasteiger partial charge in [-0.2, -0.15) is 0 Å². The number of guanidine groups is 1. The molecule has 0 aromatic heterocycles. The molecule has 0 saturated carbocycles. The number of nitrogens with two attached hydrogens (primary N) is 2. The molecule has 2 aromatic rings. The van der Waals surface area contributed by atoms with Crippen molar-refractivity contribution in [2.75, 3.05) is 19.6 Å². The largest absolute Gasteiger partial charge is 0.508 e. The van der Waals surface area contributed by atoms with Gasteiger partial charge in [0.05, 0.1) is 12.1 Å². The van der Waals surface area contributed by atoms with Crippen LogP contribution in [0.15, 0.2) is 71.7 Å². The monoisotopic (exact) mass is 844 g/mol. The number of nitrogens with one attached hydrogen (secondary N) is 6. The first-order valence-corrected chi connectivity index (χ1v) is 20.3. The van der Waals surface area contributed by atoms with Gasteiger partial charge < -0.3 is 53.4 Å². The summed E-state index contributed by atoms with van der Waals surface area (Å²) >= 11 is 0. The number of rotatable bonds is 12. The lowest BCUT2D eigenvalue weighted by Crippen LogP contribution is -2.60. The maximum absolute atomic E-state index is 14.3. The van der Waals surface area contributed by atoms with Crippen molar-refractivity contribution in [3.63, 3.8) is 0 Å². The average molecular weight is 845 g/mol. The number of Topliss-reactive ketones (excluding diaryl/α,β-unsaturated/α-hetero) is 1. The standard InChI is InChI=1S/C42H56N10O9/c1-4-24(2)34-39(59)48-28(22-26-14-17-29(53)18-15-26)16-19-33(54)46-23-31(50-36(56)25(3)47-37(57)27-10-6-5-7-11-27)41(61)52-21-9-13-32(52)38(58)49-30(35(55)40(60)51-34)12-8-20-45-42(43)44/h5-7,10-11,14-19,24-25,28,30-32,34,53H,4,8-9,12-13,20-23H2,1-3H3,(H,46,54)(H,47,57)(H,48,59)(H,49,58)(H,50,56)(H,51,60)(H4,43,44,45)/b19-16-/t24-,25+,28-,30+,31+,32+,34-/m1/s1. The molecule has 19 nitrogen and oxygen atoms in total. The van der Waals surface area contributed by atoms with Crippen LogP contribution in [0, 0.1) is 5.92 Å². The minimum Gasteiger partial charge on any atom is -0.508 e. The van der Waals surface area contributed by atoms with Crippen LogP contribution in [0.3, 0.4) is 0 Å². The van der Waals surface area contributed by atoms with E-state index in [0.29, 0.717) is 24.0 Å². The van der Waals surface area contributed by atoms with E-state index in [-0.39, 0.29) is 50.5 Å². The number of hydrogen-bond acceptors (Lipinski definition) is 10. The van der Waals surface area contributed by atoms with Crippen molar-refractivity contribution < 1.29 is 43.5 Å². The number of phenolic OH excluding ortho intramolecular Hbond substituents is 1. The van der Waals surface area contributed by atoms with Gasteiger partial charge in [-0.25, -0.2) is 0 Å². The van der Waals surface area contributed by atoms with Crippen molar-refractivity contribution >= 4 is 53.1 Å². The quantitative estimate of drug-likeness (QED) is 0.0543. The van der Waals surface area contributed by atoms with Gasteiger partial charge in [-0.15, -0.1) is 0 Å². The molecular formula is C42H56N10O9. The van der Waals surface area contributed by atoms with Gasteiger partial charge in [0.1, 0.15) is 29.9 Å². The van der Waals surface area contributed by atoms with Gasteiger partial charge in [0.25, 0.3) is 11.8 Å². The van der Waals surface area contributed by atoms with Gasteiger partial charge in [-0.1, -0.05) is 56.7 Å². The number of phenols is 1. The van der Waals surface area contributed by atoms with E-state index < -0.39 is 95.8 Å². The molecule has 0 bridgehead atoms. The molecule has 7 atom stereocenters. The number of carbonyl (C=O) groups excluding carboxylic acids is 8. The van der Waals surface area contributed by atoms with Crippen LogP contribution in [0.2, 0.25) is 0 Å². The molecule has 2 aliphatic rings. The normalized spacial score (nSPS) is 23.3. The molecule has 11 N–H and O–H groups in total. The highest BCUT2D eigenvalue weighted by Gasteiger charge is 2.40. The molecule has 19 heteroatoms. The summed E-state index contributed by atoms with van der Waals surface area (Å²) in [6, 6.07) is 7.20. The van der Waals surface area contributed by atoms with Crippen LogP contribution in [0.4, 0.5) is 0 Å². The van der Waals surface area contributed by atoms with Crippen molar-refractivity contribution in [2.45, 2.75) is 95.5 Å². The van der Waals surface area contributed by atoms with E-state index in [2.05, 4.69) is 36.9 Å². The first kappa shape index (κ1) is 46.9. The number of aromatic hydroxyl groups is 1. The lowest BCUT2D eigenvalue weighted by Gasteiger charge is -2.30. The summed E-state index contributed by atoms with van der Waals surface area (Å²) in [4.78, 5) is 115. The Balaban J connectivity index is 1.70. The number of hydrogen-bond donors (Lipinski definition) is 9. The van der Waals surface area contributed by atoms with E-state index in [1.54, 1.807) is 56.3 Å². The summed E-state index contributed by atoms with van der Waals surface area (Å²) in [7, 11) is 0. The Morgan fingerprint density at radius 1 is 0.951 bits per heavy atom. The number of carbonyl (C=O) groups is 8. The molecule has 0 radical (unpaired) electrons. The zero-order valence-electron chi connectivity index (χ0n) is 34.5. The van der Waals surface area contributed by atoms with Crippen LogP contribution < -0.4 is 43.4 Å². The van der Waals surface area contributed by atoms with Crippen molar-refractivity contribution in [1.82, 2.24) is 36.8 Å². The lowest BCUT2D eigenvalue weighted by atomic mass is 9.96. The van der Waals surface area contributed by atoms with Crippen LogP contribution in [0.25, 0.3) is 0 Å². The van der Waals surface area contributed by atoms with Gasteiger partial charge in [-0.05, 0) is 74.8 Å². The third-order valence-corrected chi connectivity index (χ3v) is 10.5. The maximum Gasteiger partial charge on any atom is 0.290 e. The van der Waals surface area contributed by atoms with E-state index in [1.807, 2.05) is 0 Å². The van der Waals surface area contributed by atoms with Crippen molar-refractivity contribution in [3.05, 3.63) is 77.9 Å². The predicted molar refractivity (Wildman–Crippen MR) is 224 cm³/mol. The maximum atomic E-state index is 14.3. The fourth-order valence-corrected chi connectivity index (χ4v) is 6.84. The molecule has 0 aliphatic carbocycles. The Bertz CT molecular complexity index is 1970. The number of fused-ring (bicyclic) bond motifs is 1. The van der Waals surface area contributed by atoms with Gasteiger partial charge >= 0.3 is 0 Å². The van der Waals surface area contributed by atoms with Gasteiger partial charge in [0.15, 0.2) is 5.96 Å². The summed E-state index contributed by atoms with van der Waals surface area (Å²) < 4.78 is 0. The zero-order chi connectivity index (χ0) is 44.6. The van der Waals surface area contributed by atoms with E-state index >= 15 is 0 Å². The third-order valence-electron chi connectivity index (χ3n) is 10.5. The van der Waals surface area contributed by atoms with E-state index in [9.17, 15) is 43.5 Å². The SMILES string of the molecule is CC[C@@H](C)[C@H]1NC(=O)C(=O)[C@H](CCCN=C(N)N)NC(=O)[C@@H]2CCCN2C(=O)[C@@H](NC(=O)[C@H](C)NC(=O)c2ccccc2)CNC(=O)/C=C\[C@H](Cc2ccc(O)cc2)NC1=O. The van der Waals surface area contributed by atoms with E-state index in [4.69, 9.17) is 11.5 Å². The Hall–Kier alpha value is -6.79. The van der Waals surface area contributed by atoms with Crippen molar-refractivity contribution in [3.8, 4) is 5.75 Å². The van der Waals surface area contributed by atoms with E-state index in [0.717, 1.165) is 6.08 Å². The van der Waals surface area contributed by atoms with Gasteiger partial charge in [0.2, 0.25) is 35.3 Å². The third kappa shape index (κ3) is 13.9. The second-order valence-electron chi connectivity index (χ2n) is 15.1.